The summed E-state index contributed by atoms with van der Waals surface area (Å²) in [4.78, 5) is 11.5. The topological polar surface area (TPSA) is 37.3 Å². The second-order valence-electron chi connectivity index (χ2n) is 5.98. The van der Waals surface area contributed by atoms with E-state index in [0.717, 1.165) is 32.3 Å². The second-order valence-corrected chi connectivity index (χ2v) is 5.98. The normalized spacial score (nSPS) is 12.7. The van der Waals surface area contributed by atoms with E-state index >= 15 is 0 Å². The molecule has 3 heteroatoms. The average Bonchev–Trinajstić information content (AvgIpc) is 2.60. The number of carboxylic acid groups (broad SMARTS) is 1. The summed E-state index contributed by atoms with van der Waals surface area (Å²) in [7, 11) is 0. The highest BCUT2D eigenvalue weighted by Crippen LogP contribution is 2.34. The maximum atomic E-state index is 13.4. The molecule has 1 unspecified atom stereocenters. The van der Waals surface area contributed by atoms with Crippen LogP contribution < -0.4 is 0 Å². The van der Waals surface area contributed by atoms with Gasteiger partial charge in [0, 0.05) is 0 Å². The number of hydrogen-bond donors (Lipinski definition) is 1. The van der Waals surface area contributed by atoms with E-state index in [9.17, 15) is 14.3 Å². The van der Waals surface area contributed by atoms with Gasteiger partial charge in [-0.3, -0.25) is 4.79 Å². The van der Waals surface area contributed by atoms with Gasteiger partial charge in [-0.2, -0.15) is 0 Å². The van der Waals surface area contributed by atoms with Crippen LogP contribution in [0.25, 0.3) is 32.3 Å². The molecule has 4 aromatic rings. The van der Waals surface area contributed by atoms with Gasteiger partial charge in [0.05, 0.1) is 0 Å². The SMILES string of the molecule is O=C(O)C(CF)c1cccc2ccc3cc4ccccc4cc3c12. The lowest BCUT2D eigenvalue weighted by atomic mass is 9.90. The fourth-order valence-electron chi connectivity index (χ4n) is 3.40. The molecule has 0 saturated carbocycles. The number of fused-ring (bicyclic) bond motifs is 4. The maximum Gasteiger partial charge on any atom is 0.313 e. The van der Waals surface area contributed by atoms with E-state index in [1.54, 1.807) is 12.1 Å². The zero-order valence-electron chi connectivity index (χ0n) is 12.9. The van der Waals surface area contributed by atoms with Crippen molar-refractivity contribution in [2.24, 2.45) is 0 Å². The summed E-state index contributed by atoms with van der Waals surface area (Å²) in [5.74, 6) is -2.28. The van der Waals surface area contributed by atoms with Crippen LogP contribution in [-0.2, 0) is 4.79 Å². The predicted molar refractivity (Wildman–Crippen MR) is 95.3 cm³/mol. The van der Waals surface area contributed by atoms with Crippen molar-refractivity contribution in [2.75, 3.05) is 6.67 Å². The summed E-state index contributed by atoms with van der Waals surface area (Å²) in [6.07, 6.45) is 0. The zero-order valence-corrected chi connectivity index (χ0v) is 12.9. The van der Waals surface area contributed by atoms with Crippen molar-refractivity contribution < 1.29 is 14.3 Å². The van der Waals surface area contributed by atoms with Crippen molar-refractivity contribution in [3.8, 4) is 0 Å². The maximum absolute atomic E-state index is 13.4. The van der Waals surface area contributed by atoms with E-state index in [0.29, 0.717) is 5.56 Å². The molecule has 0 bridgehead atoms. The lowest BCUT2D eigenvalue weighted by Crippen LogP contribution is -2.14. The third-order valence-electron chi connectivity index (χ3n) is 4.59. The number of aliphatic carboxylic acids is 1. The molecule has 0 aromatic heterocycles. The number of alkyl halides is 1. The average molecular weight is 318 g/mol. The Bertz CT molecular complexity index is 1090. The summed E-state index contributed by atoms with van der Waals surface area (Å²) in [6, 6.07) is 21.6. The molecule has 0 heterocycles. The molecule has 0 radical (unpaired) electrons. The van der Waals surface area contributed by atoms with Gasteiger partial charge >= 0.3 is 5.97 Å². The van der Waals surface area contributed by atoms with E-state index in [4.69, 9.17) is 0 Å². The highest BCUT2D eigenvalue weighted by atomic mass is 19.1. The molecule has 0 spiro atoms. The van der Waals surface area contributed by atoms with E-state index in [2.05, 4.69) is 12.1 Å². The molecule has 0 aliphatic carbocycles. The van der Waals surface area contributed by atoms with Gasteiger partial charge in [0.2, 0.25) is 0 Å². The summed E-state index contributed by atoms with van der Waals surface area (Å²) in [5.41, 5.74) is 0.531. The molecule has 4 aromatic carbocycles. The summed E-state index contributed by atoms with van der Waals surface area (Å²) >= 11 is 0. The van der Waals surface area contributed by atoms with Crippen molar-refractivity contribution in [3.05, 3.63) is 72.3 Å². The Kier molecular flexibility index (Phi) is 3.42. The zero-order chi connectivity index (χ0) is 16.7. The number of rotatable bonds is 3. The first kappa shape index (κ1) is 14.6. The van der Waals surface area contributed by atoms with Gasteiger partial charge in [0.25, 0.3) is 0 Å². The van der Waals surface area contributed by atoms with Gasteiger partial charge in [-0.25, -0.2) is 4.39 Å². The van der Waals surface area contributed by atoms with Crippen LogP contribution >= 0.6 is 0 Å². The van der Waals surface area contributed by atoms with E-state index in [-0.39, 0.29) is 0 Å². The molecule has 0 aliphatic rings. The minimum atomic E-state index is -1.15. The third kappa shape index (κ3) is 2.21. The first-order valence-corrected chi connectivity index (χ1v) is 7.82. The minimum absolute atomic E-state index is 0.531. The smallest absolute Gasteiger partial charge is 0.313 e. The number of carbonyl (C=O) groups is 1. The van der Waals surface area contributed by atoms with E-state index < -0.39 is 18.6 Å². The Hall–Kier alpha value is -2.94. The van der Waals surface area contributed by atoms with Crippen LogP contribution in [0.4, 0.5) is 4.39 Å². The van der Waals surface area contributed by atoms with Crippen molar-refractivity contribution in [2.45, 2.75) is 5.92 Å². The number of hydrogen-bond acceptors (Lipinski definition) is 1. The van der Waals surface area contributed by atoms with Gasteiger partial charge in [0.1, 0.15) is 12.6 Å². The molecule has 2 nitrogen and oxygen atoms in total. The number of carboxylic acids is 1. The summed E-state index contributed by atoms with van der Waals surface area (Å²) in [6.45, 7) is -0.918. The number of halogens is 1. The van der Waals surface area contributed by atoms with Gasteiger partial charge in [-0.15, -0.1) is 0 Å². The largest absolute Gasteiger partial charge is 0.481 e. The lowest BCUT2D eigenvalue weighted by Gasteiger charge is -2.14. The molecule has 0 amide bonds. The van der Waals surface area contributed by atoms with Gasteiger partial charge in [-0.05, 0) is 50.0 Å². The van der Waals surface area contributed by atoms with Gasteiger partial charge in [-0.1, -0.05) is 54.6 Å². The lowest BCUT2D eigenvalue weighted by molar-refractivity contribution is -0.139. The minimum Gasteiger partial charge on any atom is -0.481 e. The standard InChI is InChI=1S/C21H15FO2/c22-12-19(21(23)24)17-7-3-6-13-8-9-16-10-14-4-1-2-5-15(14)11-18(16)20(13)17/h1-11,19H,12H2,(H,23,24). The molecule has 0 saturated heterocycles. The van der Waals surface area contributed by atoms with E-state index in [1.807, 2.05) is 42.5 Å². The quantitative estimate of drug-likeness (QED) is 0.412. The Labute approximate surface area is 138 Å². The van der Waals surface area contributed by atoms with Crippen LogP contribution in [0, 0.1) is 0 Å². The van der Waals surface area contributed by atoms with Crippen molar-refractivity contribution in [1.82, 2.24) is 0 Å². The molecule has 118 valence electrons. The van der Waals surface area contributed by atoms with Crippen LogP contribution in [0.3, 0.4) is 0 Å². The molecule has 1 atom stereocenters. The first-order valence-electron chi connectivity index (χ1n) is 7.82. The van der Waals surface area contributed by atoms with E-state index in [1.165, 1.54) is 0 Å². The summed E-state index contributed by atoms with van der Waals surface area (Å²) < 4.78 is 13.4. The molecule has 1 N–H and O–H groups in total. The monoisotopic (exact) mass is 318 g/mol. The molecule has 4 rings (SSSR count). The summed E-state index contributed by atoms with van der Waals surface area (Å²) in [5, 5.41) is 15.3. The van der Waals surface area contributed by atoms with Crippen LogP contribution in [0.5, 0.6) is 0 Å². The third-order valence-corrected chi connectivity index (χ3v) is 4.59. The molecular formula is C21H15FO2. The van der Waals surface area contributed by atoms with Crippen LogP contribution in [-0.4, -0.2) is 17.8 Å². The fraction of sp³-hybridized carbons (Fsp3) is 0.0952. The fourth-order valence-corrected chi connectivity index (χ4v) is 3.40. The van der Waals surface area contributed by atoms with Crippen LogP contribution in [0.2, 0.25) is 0 Å². The Morgan fingerprint density at radius 2 is 1.54 bits per heavy atom. The second kappa shape index (κ2) is 5.60. The molecule has 0 aliphatic heterocycles. The molecule has 0 fully saturated rings. The van der Waals surface area contributed by atoms with Gasteiger partial charge < -0.3 is 5.11 Å². The Morgan fingerprint density at radius 3 is 2.25 bits per heavy atom. The molecular weight excluding hydrogens is 303 g/mol. The van der Waals surface area contributed by atoms with Crippen LogP contribution in [0.1, 0.15) is 11.5 Å². The Morgan fingerprint density at radius 1 is 0.875 bits per heavy atom. The van der Waals surface area contributed by atoms with Crippen LogP contribution in [0.15, 0.2) is 66.7 Å². The molecule has 24 heavy (non-hydrogen) atoms. The highest BCUT2D eigenvalue weighted by Gasteiger charge is 2.22. The van der Waals surface area contributed by atoms with Crippen molar-refractivity contribution in [1.29, 1.82) is 0 Å². The number of benzene rings is 4. The van der Waals surface area contributed by atoms with Gasteiger partial charge in [0.15, 0.2) is 0 Å². The van der Waals surface area contributed by atoms with Crippen molar-refractivity contribution in [3.63, 3.8) is 0 Å². The van der Waals surface area contributed by atoms with Crippen molar-refractivity contribution >= 4 is 38.3 Å². The highest BCUT2D eigenvalue weighted by molar-refractivity contribution is 6.14. The first-order chi connectivity index (χ1) is 11.7. The predicted octanol–water partition coefficient (Wildman–Crippen LogP) is 5.28. The Balaban J connectivity index is 2.15.